The number of aromatic nitrogens is 1. The highest BCUT2D eigenvalue weighted by Gasteiger charge is 2.34. The fourth-order valence-corrected chi connectivity index (χ4v) is 3.17. The molecule has 29 heavy (non-hydrogen) atoms. The van der Waals surface area contributed by atoms with Gasteiger partial charge in [0, 0.05) is 29.2 Å². The van der Waals surface area contributed by atoms with E-state index in [0.29, 0.717) is 11.4 Å². The Balaban J connectivity index is 2.00. The zero-order chi connectivity index (χ0) is 21.3. The maximum atomic E-state index is 13.4. The van der Waals surface area contributed by atoms with Crippen molar-refractivity contribution in [3.8, 4) is 5.69 Å². The summed E-state index contributed by atoms with van der Waals surface area (Å²) in [6.45, 7) is 3.15. The van der Waals surface area contributed by atoms with Crippen LogP contribution in [0.3, 0.4) is 0 Å². The van der Waals surface area contributed by atoms with Gasteiger partial charge in [0.15, 0.2) is 0 Å². The first-order chi connectivity index (χ1) is 13.6. The number of nitro groups is 1. The number of aryl methyl sites for hydroxylation is 1. The Bertz CT molecular complexity index is 1100. The molecule has 3 aromatic rings. The van der Waals surface area contributed by atoms with Gasteiger partial charge in [0.1, 0.15) is 0 Å². The van der Waals surface area contributed by atoms with Gasteiger partial charge in [-0.2, -0.15) is 13.2 Å². The van der Waals surface area contributed by atoms with Crippen LogP contribution < -0.4 is 5.32 Å². The molecular weight excluding hydrogens is 387 g/mol. The Morgan fingerprint density at radius 2 is 1.76 bits per heavy atom. The summed E-state index contributed by atoms with van der Waals surface area (Å²) in [5.74, 6) is -0.575. The van der Waals surface area contributed by atoms with Gasteiger partial charge in [-0.15, -0.1) is 0 Å². The number of anilines is 1. The maximum Gasteiger partial charge on any atom is 0.418 e. The Morgan fingerprint density at radius 1 is 1.07 bits per heavy atom. The number of carbonyl (C=O) groups is 1. The fourth-order valence-electron chi connectivity index (χ4n) is 3.17. The number of carbonyl (C=O) groups excluding carboxylic acids is 1. The normalized spacial score (nSPS) is 11.3. The summed E-state index contributed by atoms with van der Waals surface area (Å²) in [7, 11) is 0. The summed E-state index contributed by atoms with van der Waals surface area (Å²) in [5.41, 5.74) is 0.0745. The number of amides is 1. The number of hydrogen-bond donors (Lipinski definition) is 1. The number of nitro benzene ring substituents is 1. The van der Waals surface area contributed by atoms with Crippen LogP contribution >= 0.6 is 0 Å². The minimum atomic E-state index is -4.55. The molecule has 0 aliphatic heterocycles. The zero-order valence-corrected chi connectivity index (χ0v) is 15.4. The van der Waals surface area contributed by atoms with E-state index in [4.69, 9.17) is 0 Å². The molecule has 0 saturated carbocycles. The highest BCUT2D eigenvalue weighted by Crippen LogP contribution is 2.35. The second-order valence-electron chi connectivity index (χ2n) is 6.40. The number of hydrogen-bond acceptors (Lipinski definition) is 3. The van der Waals surface area contributed by atoms with Crippen LogP contribution in [-0.2, 0) is 6.18 Å². The van der Waals surface area contributed by atoms with Gasteiger partial charge < -0.3 is 9.88 Å². The molecule has 3 rings (SSSR count). The van der Waals surface area contributed by atoms with Crippen molar-refractivity contribution < 1.29 is 22.9 Å². The summed E-state index contributed by atoms with van der Waals surface area (Å²) < 4.78 is 41.6. The van der Waals surface area contributed by atoms with Gasteiger partial charge in [-0.25, -0.2) is 0 Å². The van der Waals surface area contributed by atoms with Crippen LogP contribution in [0.1, 0.15) is 27.3 Å². The van der Waals surface area contributed by atoms with Gasteiger partial charge in [-0.3, -0.25) is 14.9 Å². The fraction of sp³-hybridized carbons (Fsp3) is 0.150. The monoisotopic (exact) mass is 403 g/mol. The van der Waals surface area contributed by atoms with Gasteiger partial charge in [-0.05, 0) is 38.1 Å². The Hall–Kier alpha value is -3.62. The van der Waals surface area contributed by atoms with Gasteiger partial charge >= 0.3 is 6.18 Å². The third kappa shape index (κ3) is 3.98. The van der Waals surface area contributed by atoms with Crippen LogP contribution in [0.4, 0.5) is 24.5 Å². The first-order valence-electron chi connectivity index (χ1n) is 8.51. The minimum Gasteiger partial charge on any atom is -0.322 e. The van der Waals surface area contributed by atoms with Crippen LogP contribution in [0.2, 0.25) is 0 Å². The third-order valence-electron chi connectivity index (χ3n) is 4.44. The van der Waals surface area contributed by atoms with E-state index in [0.717, 1.165) is 6.07 Å². The molecule has 0 aliphatic carbocycles. The zero-order valence-electron chi connectivity index (χ0n) is 15.4. The molecular formula is C20H16F3N3O3. The average molecular weight is 403 g/mol. The van der Waals surface area contributed by atoms with Crippen molar-refractivity contribution >= 4 is 17.3 Å². The van der Waals surface area contributed by atoms with Crippen molar-refractivity contribution in [3.63, 3.8) is 0 Å². The van der Waals surface area contributed by atoms with E-state index < -0.39 is 22.6 Å². The summed E-state index contributed by atoms with van der Waals surface area (Å²) in [6.07, 6.45) is -4.55. The first kappa shape index (κ1) is 20.1. The minimum absolute atomic E-state index is 0.0793. The molecule has 2 aromatic carbocycles. The van der Waals surface area contributed by atoms with E-state index in [-0.39, 0.29) is 22.6 Å². The Kier molecular flexibility index (Phi) is 5.15. The van der Waals surface area contributed by atoms with Crippen LogP contribution in [0.25, 0.3) is 5.69 Å². The number of rotatable bonds is 4. The van der Waals surface area contributed by atoms with Crippen molar-refractivity contribution in [2.75, 3.05) is 5.32 Å². The van der Waals surface area contributed by atoms with Crippen LogP contribution in [0.5, 0.6) is 0 Å². The highest BCUT2D eigenvalue weighted by atomic mass is 19.4. The molecule has 0 aliphatic rings. The molecule has 9 heteroatoms. The molecule has 6 nitrogen and oxygen atoms in total. The van der Waals surface area contributed by atoms with Crippen LogP contribution in [-0.4, -0.2) is 15.4 Å². The molecule has 0 fully saturated rings. The molecule has 0 saturated heterocycles. The lowest BCUT2D eigenvalue weighted by atomic mass is 10.1. The summed E-state index contributed by atoms with van der Waals surface area (Å²) in [5, 5.41) is 13.4. The van der Waals surface area contributed by atoms with Gasteiger partial charge in [0.25, 0.3) is 11.6 Å². The number of benzene rings is 2. The lowest BCUT2D eigenvalue weighted by Crippen LogP contribution is -2.15. The standard InChI is InChI=1S/C20H16F3N3O3/c1-12-10-16(19(27)24-14-6-5-7-15(11-14)26(28)29)13(2)25(12)18-9-4-3-8-17(18)20(21,22)23/h3-11H,1-2H3,(H,24,27). The van der Waals surface area contributed by atoms with Crippen molar-refractivity contribution in [2.24, 2.45) is 0 Å². The van der Waals surface area contributed by atoms with Gasteiger partial charge in [0.05, 0.1) is 21.7 Å². The lowest BCUT2D eigenvalue weighted by Gasteiger charge is -2.16. The lowest BCUT2D eigenvalue weighted by molar-refractivity contribution is -0.384. The van der Waals surface area contributed by atoms with E-state index in [1.54, 1.807) is 13.8 Å². The van der Waals surface area contributed by atoms with Crippen LogP contribution in [0.15, 0.2) is 54.6 Å². The average Bonchev–Trinajstić information content (AvgIpc) is 2.95. The van der Waals surface area contributed by atoms with E-state index in [9.17, 15) is 28.1 Å². The second kappa shape index (κ2) is 7.42. The molecule has 0 bridgehead atoms. The number of para-hydroxylation sites is 1. The molecule has 1 N–H and O–H groups in total. The highest BCUT2D eigenvalue weighted by molar-refractivity contribution is 6.05. The molecule has 0 unspecified atom stereocenters. The van der Waals surface area contributed by atoms with Crippen molar-refractivity contribution in [3.05, 3.63) is 87.2 Å². The van der Waals surface area contributed by atoms with Crippen molar-refractivity contribution in [2.45, 2.75) is 20.0 Å². The van der Waals surface area contributed by atoms with Gasteiger partial charge in [-0.1, -0.05) is 18.2 Å². The van der Waals surface area contributed by atoms with Crippen molar-refractivity contribution in [1.82, 2.24) is 4.57 Å². The molecule has 1 aromatic heterocycles. The smallest absolute Gasteiger partial charge is 0.322 e. The first-order valence-corrected chi connectivity index (χ1v) is 8.51. The topological polar surface area (TPSA) is 77.2 Å². The largest absolute Gasteiger partial charge is 0.418 e. The molecule has 1 amide bonds. The Morgan fingerprint density at radius 3 is 2.41 bits per heavy atom. The van der Waals surface area contributed by atoms with E-state index in [2.05, 4.69) is 5.32 Å². The summed E-state index contributed by atoms with van der Waals surface area (Å²) in [4.78, 5) is 23.0. The quantitative estimate of drug-likeness (QED) is 0.476. The predicted molar refractivity (Wildman–Crippen MR) is 101 cm³/mol. The number of non-ortho nitro benzene ring substituents is 1. The number of halogens is 3. The summed E-state index contributed by atoms with van der Waals surface area (Å²) in [6, 6.07) is 12.0. The number of nitrogens with one attached hydrogen (secondary N) is 1. The molecule has 0 spiro atoms. The summed E-state index contributed by atoms with van der Waals surface area (Å²) >= 11 is 0. The van der Waals surface area contributed by atoms with E-state index in [1.165, 1.54) is 53.1 Å². The number of nitrogens with zero attached hydrogens (tertiary/aromatic N) is 2. The SMILES string of the molecule is Cc1cc(C(=O)Nc2cccc([N+](=O)[O-])c2)c(C)n1-c1ccccc1C(F)(F)F. The van der Waals surface area contributed by atoms with Gasteiger partial charge in [0.2, 0.25) is 0 Å². The van der Waals surface area contributed by atoms with E-state index in [1.807, 2.05) is 0 Å². The second-order valence-corrected chi connectivity index (χ2v) is 6.40. The molecule has 0 atom stereocenters. The Labute approximate surface area is 163 Å². The van der Waals surface area contributed by atoms with Crippen LogP contribution in [0, 0.1) is 24.0 Å². The van der Waals surface area contributed by atoms with Crippen molar-refractivity contribution in [1.29, 1.82) is 0 Å². The third-order valence-corrected chi connectivity index (χ3v) is 4.44. The molecule has 1 heterocycles. The molecule has 150 valence electrons. The maximum absolute atomic E-state index is 13.4. The molecule has 0 radical (unpaired) electrons. The number of alkyl halides is 3. The van der Waals surface area contributed by atoms with E-state index >= 15 is 0 Å². The predicted octanol–water partition coefficient (Wildman–Crippen LogP) is 5.27.